The zero-order valence-corrected chi connectivity index (χ0v) is 21.2. The lowest BCUT2D eigenvalue weighted by molar-refractivity contribution is -0.144. The van der Waals surface area contributed by atoms with Crippen LogP contribution in [-0.2, 0) is 25.1 Å². The second-order valence-electron chi connectivity index (χ2n) is 7.83. The molecule has 186 valence electrons. The molecule has 0 saturated carbocycles. The average Bonchev–Trinajstić information content (AvgIpc) is 2.81. The molecule has 1 N–H and O–H groups in total. The van der Waals surface area contributed by atoms with Crippen molar-refractivity contribution in [3.63, 3.8) is 0 Å². The Morgan fingerprint density at radius 1 is 0.912 bits per heavy atom. The first kappa shape index (κ1) is 26.8. The predicted octanol–water partition coefficient (Wildman–Crippen LogP) is 3.67. The number of sulfone groups is 1. The number of methoxy groups -OCH3 is 5. The second kappa shape index (κ2) is 11.1. The van der Waals surface area contributed by atoms with Crippen molar-refractivity contribution in [3.05, 3.63) is 46.9 Å². The van der Waals surface area contributed by atoms with Gasteiger partial charge in [0.15, 0.2) is 9.84 Å². The summed E-state index contributed by atoms with van der Waals surface area (Å²) in [6.45, 7) is 3.31. The van der Waals surface area contributed by atoms with E-state index in [1.165, 1.54) is 41.6 Å². The third-order valence-electron chi connectivity index (χ3n) is 4.97. The van der Waals surface area contributed by atoms with Crippen LogP contribution in [0.25, 0.3) is 6.08 Å². The van der Waals surface area contributed by atoms with Gasteiger partial charge in [0.25, 0.3) is 0 Å². The fraction of sp³-hybridized carbons (Fsp3) is 0.375. The van der Waals surface area contributed by atoms with Crippen molar-refractivity contribution in [2.75, 3.05) is 40.9 Å². The minimum absolute atomic E-state index is 0.276. The molecule has 0 aliphatic heterocycles. The van der Waals surface area contributed by atoms with Crippen LogP contribution in [0.4, 0.5) is 5.69 Å². The Morgan fingerprint density at radius 3 is 2.00 bits per heavy atom. The van der Waals surface area contributed by atoms with E-state index in [0.717, 1.165) is 5.41 Å². The molecule has 0 unspecified atom stereocenters. The van der Waals surface area contributed by atoms with Gasteiger partial charge >= 0.3 is 5.97 Å². The van der Waals surface area contributed by atoms with E-state index in [9.17, 15) is 13.2 Å². The highest BCUT2D eigenvalue weighted by atomic mass is 32.2. The molecule has 2 aromatic rings. The summed E-state index contributed by atoms with van der Waals surface area (Å²) < 4.78 is 51.9. The number of hydrogen-bond acceptors (Lipinski definition) is 9. The van der Waals surface area contributed by atoms with Gasteiger partial charge in [-0.15, -0.1) is 0 Å². The summed E-state index contributed by atoms with van der Waals surface area (Å²) in [4.78, 5) is 12.1. The maximum Gasteiger partial charge on any atom is 0.330 e. The normalized spacial score (nSPS) is 11.7. The van der Waals surface area contributed by atoms with Crippen molar-refractivity contribution in [3.8, 4) is 23.0 Å². The van der Waals surface area contributed by atoms with Gasteiger partial charge in [0.05, 0.1) is 52.6 Å². The zero-order chi connectivity index (χ0) is 25.5. The summed E-state index contributed by atoms with van der Waals surface area (Å²) in [7, 11) is 3.56. The highest BCUT2D eigenvalue weighted by Crippen LogP contribution is 2.35. The van der Waals surface area contributed by atoms with Crippen LogP contribution >= 0.6 is 0 Å². The van der Waals surface area contributed by atoms with Crippen molar-refractivity contribution >= 4 is 27.6 Å². The molecule has 0 bridgehead atoms. The van der Waals surface area contributed by atoms with Crippen LogP contribution in [0.1, 0.15) is 25.0 Å². The van der Waals surface area contributed by atoms with Gasteiger partial charge in [-0.1, -0.05) is 6.07 Å². The molecule has 0 atom stereocenters. The molecule has 0 aliphatic carbocycles. The minimum Gasteiger partial charge on any atom is -0.496 e. The minimum atomic E-state index is -3.68. The molecule has 0 aromatic heterocycles. The van der Waals surface area contributed by atoms with Crippen molar-refractivity contribution in [2.24, 2.45) is 0 Å². The average molecular weight is 494 g/mol. The number of rotatable bonds is 11. The Morgan fingerprint density at radius 2 is 1.50 bits per heavy atom. The largest absolute Gasteiger partial charge is 0.496 e. The van der Waals surface area contributed by atoms with Crippen LogP contribution in [0.2, 0.25) is 0 Å². The Hall–Kier alpha value is -3.40. The van der Waals surface area contributed by atoms with Crippen molar-refractivity contribution in [1.29, 1.82) is 0 Å². The number of benzene rings is 2. The maximum atomic E-state index is 12.9. The molecule has 9 nitrogen and oxygen atoms in total. The molecular weight excluding hydrogens is 462 g/mol. The third kappa shape index (κ3) is 6.57. The van der Waals surface area contributed by atoms with Crippen molar-refractivity contribution < 1.29 is 36.9 Å². The van der Waals surface area contributed by atoms with E-state index >= 15 is 0 Å². The summed E-state index contributed by atoms with van der Waals surface area (Å²) in [6, 6.07) is 8.19. The van der Waals surface area contributed by atoms with Gasteiger partial charge in [0.1, 0.15) is 28.5 Å². The van der Waals surface area contributed by atoms with Gasteiger partial charge in [0, 0.05) is 17.5 Å². The molecule has 0 spiro atoms. The van der Waals surface area contributed by atoms with Gasteiger partial charge in [0.2, 0.25) is 0 Å². The third-order valence-corrected chi connectivity index (χ3v) is 6.26. The number of ether oxygens (including phenoxy) is 5. The smallest absolute Gasteiger partial charge is 0.330 e. The fourth-order valence-corrected chi connectivity index (χ4v) is 4.32. The molecular formula is C24H31NO8S. The van der Waals surface area contributed by atoms with Crippen LogP contribution in [0, 0.1) is 0 Å². The first-order chi connectivity index (χ1) is 16.0. The lowest BCUT2D eigenvalue weighted by Gasteiger charge is -2.25. The second-order valence-corrected chi connectivity index (χ2v) is 9.72. The number of nitrogens with one attached hydrogen (secondary N) is 1. The highest BCUT2D eigenvalue weighted by molar-refractivity contribution is 7.93. The molecule has 0 amide bonds. The van der Waals surface area contributed by atoms with Gasteiger partial charge in [-0.05, 0) is 37.6 Å². The SMILES string of the molecule is COC(=O)C(C)(C)Nc1cc(CS(=O)(=O)/C=C/c2c(OC)cc(OC)cc2OC)ccc1OC. The van der Waals surface area contributed by atoms with Crippen LogP contribution in [0.5, 0.6) is 23.0 Å². The van der Waals surface area contributed by atoms with Crippen molar-refractivity contribution in [1.82, 2.24) is 0 Å². The van der Waals surface area contributed by atoms with E-state index in [4.69, 9.17) is 23.7 Å². The Bertz CT molecular complexity index is 1130. The summed E-state index contributed by atoms with van der Waals surface area (Å²) >= 11 is 0. The first-order valence-corrected chi connectivity index (χ1v) is 12.0. The summed E-state index contributed by atoms with van der Waals surface area (Å²) in [5, 5.41) is 4.16. The summed E-state index contributed by atoms with van der Waals surface area (Å²) in [6.07, 6.45) is 1.43. The van der Waals surface area contributed by atoms with Gasteiger partial charge in [-0.3, -0.25) is 0 Å². The number of esters is 1. The summed E-state index contributed by atoms with van der Waals surface area (Å²) in [5.74, 6) is 1.04. The van der Waals surface area contributed by atoms with E-state index in [0.29, 0.717) is 39.8 Å². The number of anilines is 1. The topological polar surface area (TPSA) is 109 Å². The van der Waals surface area contributed by atoms with Gasteiger partial charge in [-0.2, -0.15) is 0 Å². The van der Waals surface area contributed by atoms with Crippen molar-refractivity contribution in [2.45, 2.75) is 25.1 Å². The zero-order valence-electron chi connectivity index (χ0n) is 20.4. The fourth-order valence-electron chi connectivity index (χ4n) is 3.23. The molecule has 10 heteroatoms. The monoisotopic (exact) mass is 493 g/mol. The van der Waals surface area contributed by atoms with Crippen LogP contribution < -0.4 is 24.3 Å². The Labute approximate surface area is 200 Å². The lowest BCUT2D eigenvalue weighted by atomic mass is 10.0. The number of carbonyl (C=O) groups excluding carboxylic acids is 1. The quantitative estimate of drug-likeness (QED) is 0.469. The predicted molar refractivity (Wildman–Crippen MR) is 130 cm³/mol. The van der Waals surface area contributed by atoms with E-state index in [-0.39, 0.29) is 5.75 Å². The van der Waals surface area contributed by atoms with E-state index in [1.54, 1.807) is 44.2 Å². The number of carbonyl (C=O) groups is 1. The molecule has 0 saturated heterocycles. The Balaban J connectivity index is 2.35. The molecule has 2 aromatic carbocycles. The molecule has 2 rings (SSSR count). The Kier molecular flexibility index (Phi) is 8.80. The molecule has 34 heavy (non-hydrogen) atoms. The standard InChI is InChI=1S/C24H31NO8S/c1-24(2,23(26)33-7)25-19-12-16(8-9-20(19)30-4)15-34(27,28)11-10-18-21(31-5)13-17(29-3)14-22(18)32-6/h8-14,25H,15H2,1-7H3/b11-10+. The maximum absolute atomic E-state index is 12.9. The molecule has 0 radical (unpaired) electrons. The molecule has 0 aliphatic rings. The van der Waals surface area contributed by atoms with E-state index in [1.807, 2.05) is 0 Å². The molecule has 0 fully saturated rings. The van der Waals surface area contributed by atoms with Gasteiger partial charge in [-0.25, -0.2) is 13.2 Å². The first-order valence-electron chi connectivity index (χ1n) is 10.2. The van der Waals surface area contributed by atoms with Gasteiger partial charge < -0.3 is 29.0 Å². The lowest BCUT2D eigenvalue weighted by Crippen LogP contribution is -2.41. The summed E-state index contributed by atoms with van der Waals surface area (Å²) in [5.41, 5.74) is 0.377. The van der Waals surface area contributed by atoms with E-state index in [2.05, 4.69) is 5.32 Å². The van der Waals surface area contributed by atoms with Crippen LogP contribution in [0.3, 0.4) is 0 Å². The highest BCUT2D eigenvalue weighted by Gasteiger charge is 2.29. The van der Waals surface area contributed by atoms with E-state index < -0.39 is 21.3 Å². The number of hydrogen-bond donors (Lipinski definition) is 1. The molecule has 0 heterocycles. The van der Waals surface area contributed by atoms with Crippen LogP contribution in [0.15, 0.2) is 35.7 Å². The van der Waals surface area contributed by atoms with Crippen LogP contribution in [-0.4, -0.2) is 55.5 Å².